The lowest BCUT2D eigenvalue weighted by atomic mass is 9.93. The number of likely N-dealkylation sites (N-methyl/N-ethyl adjacent to an activating group) is 1. The zero-order valence-electron chi connectivity index (χ0n) is 16.6. The molecule has 144 valence electrons. The minimum absolute atomic E-state index is 0.184. The van der Waals surface area contributed by atoms with Crippen molar-refractivity contribution in [1.82, 2.24) is 14.4 Å². The number of amides is 1. The van der Waals surface area contributed by atoms with Crippen LogP contribution in [0.25, 0.3) is 0 Å². The van der Waals surface area contributed by atoms with Gasteiger partial charge in [0.1, 0.15) is 11.3 Å². The number of carbonyl (C=O) groups is 1. The molecule has 1 aliphatic heterocycles. The maximum absolute atomic E-state index is 13.1. The van der Waals surface area contributed by atoms with Crippen LogP contribution in [0.1, 0.15) is 27.5 Å². The third-order valence-corrected chi connectivity index (χ3v) is 5.57. The molecule has 6 nitrogen and oxygen atoms in total. The van der Waals surface area contributed by atoms with Gasteiger partial charge in [0.2, 0.25) is 0 Å². The first-order valence-electron chi connectivity index (χ1n) is 9.09. The first-order valence-corrected chi connectivity index (χ1v) is 9.09. The van der Waals surface area contributed by atoms with Crippen LogP contribution in [0.3, 0.4) is 0 Å². The van der Waals surface area contributed by atoms with Crippen molar-refractivity contribution in [1.29, 1.82) is 0 Å². The number of aryl methyl sites for hydroxylation is 1. The van der Waals surface area contributed by atoms with E-state index in [0.717, 1.165) is 11.4 Å². The summed E-state index contributed by atoms with van der Waals surface area (Å²) in [6, 6.07) is 11.7. The Balaban J connectivity index is 1.89. The number of hydrogen-bond donors (Lipinski definition) is 0. The summed E-state index contributed by atoms with van der Waals surface area (Å²) < 4.78 is 6.77. The summed E-state index contributed by atoms with van der Waals surface area (Å²) in [5.74, 6) is 0.803. The van der Waals surface area contributed by atoms with Gasteiger partial charge in [0.05, 0.1) is 7.11 Å². The number of methoxy groups -OCH3 is 1. The molecule has 1 amide bonds. The van der Waals surface area contributed by atoms with E-state index in [4.69, 9.17) is 4.74 Å². The summed E-state index contributed by atoms with van der Waals surface area (Å²) >= 11 is 0. The van der Waals surface area contributed by atoms with Crippen LogP contribution in [0.15, 0.2) is 41.2 Å². The van der Waals surface area contributed by atoms with Crippen LogP contribution in [0.5, 0.6) is 5.75 Å². The largest absolute Gasteiger partial charge is 0.497 e. The Kier molecular flexibility index (Phi) is 5.37. The van der Waals surface area contributed by atoms with Crippen LogP contribution in [-0.4, -0.2) is 60.6 Å². The molecule has 0 aliphatic carbocycles. The first kappa shape index (κ1) is 19.2. The fraction of sp³-hybridized carbons (Fsp3) is 0.429. The van der Waals surface area contributed by atoms with Gasteiger partial charge in [0, 0.05) is 37.8 Å². The summed E-state index contributed by atoms with van der Waals surface area (Å²) in [4.78, 5) is 29.5. The van der Waals surface area contributed by atoms with Crippen LogP contribution in [0.4, 0.5) is 0 Å². The Labute approximate surface area is 160 Å². The number of benzene rings is 1. The fourth-order valence-corrected chi connectivity index (χ4v) is 3.72. The van der Waals surface area contributed by atoms with Crippen molar-refractivity contribution in [2.75, 3.05) is 34.3 Å². The van der Waals surface area contributed by atoms with Gasteiger partial charge in [0.25, 0.3) is 11.5 Å². The normalized spacial score (nSPS) is 19.6. The zero-order valence-corrected chi connectivity index (χ0v) is 16.6. The van der Waals surface area contributed by atoms with Gasteiger partial charge < -0.3 is 19.1 Å². The molecule has 2 heterocycles. The smallest absolute Gasteiger partial charge is 0.263 e. The molecule has 1 aliphatic rings. The van der Waals surface area contributed by atoms with E-state index in [-0.39, 0.29) is 29.0 Å². The minimum Gasteiger partial charge on any atom is -0.497 e. The maximum atomic E-state index is 13.1. The summed E-state index contributed by atoms with van der Waals surface area (Å²) in [5.41, 5.74) is 1.99. The van der Waals surface area contributed by atoms with E-state index < -0.39 is 0 Å². The molecule has 1 aromatic heterocycles. The maximum Gasteiger partial charge on any atom is 0.263 e. The highest BCUT2D eigenvalue weighted by Crippen LogP contribution is 2.31. The molecule has 0 bridgehead atoms. The van der Waals surface area contributed by atoms with Crippen molar-refractivity contribution in [3.8, 4) is 5.75 Å². The van der Waals surface area contributed by atoms with Gasteiger partial charge in [-0.3, -0.25) is 9.59 Å². The SMILES string of the molecule is COc1ccc([C@@H]2CN(C(=O)c3ccc(C)n(C)c3=O)C[C@H]2N(C)C)cc1. The lowest BCUT2D eigenvalue weighted by molar-refractivity contribution is 0.0780. The van der Waals surface area contributed by atoms with Crippen molar-refractivity contribution in [3.63, 3.8) is 0 Å². The van der Waals surface area contributed by atoms with Gasteiger partial charge in [0.15, 0.2) is 0 Å². The fourth-order valence-electron chi connectivity index (χ4n) is 3.72. The Hall–Kier alpha value is -2.60. The highest BCUT2D eigenvalue weighted by atomic mass is 16.5. The predicted octanol–water partition coefficient (Wildman–Crippen LogP) is 1.87. The van der Waals surface area contributed by atoms with Crippen molar-refractivity contribution in [3.05, 3.63) is 63.6 Å². The van der Waals surface area contributed by atoms with Crippen LogP contribution in [0.2, 0.25) is 0 Å². The standard InChI is InChI=1S/C21H27N3O3/c1-14-6-11-17(20(25)23(14)4)21(26)24-12-18(19(13-24)22(2)3)15-7-9-16(27-5)10-8-15/h6-11,18-19H,12-13H2,1-5H3/t18-,19+/m0/s1. The van der Waals surface area contributed by atoms with E-state index >= 15 is 0 Å². The van der Waals surface area contributed by atoms with Crippen LogP contribution in [-0.2, 0) is 7.05 Å². The molecule has 6 heteroatoms. The van der Waals surface area contributed by atoms with Crippen molar-refractivity contribution < 1.29 is 9.53 Å². The topological polar surface area (TPSA) is 54.8 Å². The van der Waals surface area contributed by atoms with Gasteiger partial charge in [-0.1, -0.05) is 12.1 Å². The number of pyridine rings is 1. The molecule has 1 fully saturated rings. The molecule has 3 rings (SSSR count). The quantitative estimate of drug-likeness (QED) is 0.826. The third-order valence-electron chi connectivity index (χ3n) is 5.57. The number of nitrogens with zero attached hydrogens (tertiary/aromatic N) is 3. The van der Waals surface area contributed by atoms with Gasteiger partial charge >= 0.3 is 0 Å². The van der Waals surface area contributed by atoms with E-state index in [1.165, 1.54) is 10.1 Å². The number of hydrogen-bond acceptors (Lipinski definition) is 4. The van der Waals surface area contributed by atoms with Crippen molar-refractivity contribution >= 4 is 5.91 Å². The number of ether oxygens (including phenoxy) is 1. The zero-order chi connectivity index (χ0) is 19.7. The molecule has 1 aromatic carbocycles. The number of aromatic nitrogens is 1. The lowest BCUT2D eigenvalue weighted by Gasteiger charge is -2.25. The number of carbonyl (C=O) groups excluding carboxylic acids is 1. The van der Waals surface area contributed by atoms with Gasteiger partial charge in [-0.05, 0) is 50.8 Å². The van der Waals surface area contributed by atoms with E-state index in [0.29, 0.717) is 13.1 Å². The summed E-state index contributed by atoms with van der Waals surface area (Å²) in [5, 5.41) is 0. The van der Waals surface area contributed by atoms with Crippen LogP contribution in [0, 0.1) is 6.92 Å². The second-order valence-electron chi connectivity index (χ2n) is 7.37. The second-order valence-corrected chi connectivity index (χ2v) is 7.37. The van der Waals surface area contributed by atoms with Gasteiger partial charge in [-0.15, -0.1) is 0 Å². The van der Waals surface area contributed by atoms with E-state index in [1.807, 2.05) is 39.2 Å². The molecule has 2 atom stereocenters. The molecular formula is C21H27N3O3. The van der Waals surface area contributed by atoms with Gasteiger partial charge in [-0.2, -0.15) is 0 Å². The Morgan fingerprint density at radius 1 is 1.11 bits per heavy atom. The molecular weight excluding hydrogens is 342 g/mol. The number of rotatable bonds is 4. The molecule has 0 unspecified atom stereocenters. The molecule has 2 aromatic rings. The van der Waals surface area contributed by atoms with Crippen LogP contribution < -0.4 is 10.3 Å². The summed E-state index contributed by atoms with van der Waals surface area (Å²) in [7, 11) is 7.40. The first-order chi connectivity index (χ1) is 12.8. The monoisotopic (exact) mass is 369 g/mol. The molecule has 0 radical (unpaired) electrons. The summed E-state index contributed by atoms with van der Waals surface area (Å²) in [6.07, 6.45) is 0. The average molecular weight is 369 g/mol. The second kappa shape index (κ2) is 7.56. The average Bonchev–Trinajstić information content (AvgIpc) is 3.11. The van der Waals surface area contributed by atoms with E-state index in [1.54, 1.807) is 25.1 Å². The third kappa shape index (κ3) is 3.62. The molecule has 0 N–H and O–H groups in total. The molecule has 0 saturated carbocycles. The van der Waals surface area contributed by atoms with Crippen molar-refractivity contribution in [2.24, 2.45) is 7.05 Å². The van der Waals surface area contributed by atoms with Gasteiger partial charge in [-0.25, -0.2) is 0 Å². The minimum atomic E-state index is -0.241. The highest BCUT2D eigenvalue weighted by Gasteiger charge is 2.38. The summed E-state index contributed by atoms with van der Waals surface area (Å²) in [6.45, 7) is 3.04. The van der Waals surface area contributed by atoms with Crippen molar-refractivity contribution in [2.45, 2.75) is 18.9 Å². The Morgan fingerprint density at radius 3 is 2.37 bits per heavy atom. The van der Waals surface area contributed by atoms with Crippen LogP contribution >= 0.6 is 0 Å². The Morgan fingerprint density at radius 2 is 1.78 bits per heavy atom. The lowest BCUT2D eigenvalue weighted by Crippen LogP contribution is -2.38. The van der Waals surface area contributed by atoms with E-state index in [9.17, 15) is 9.59 Å². The molecule has 27 heavy (non-hydrogen) atoms. The number of likely N-dealkylation sites (tertiary alicyclic amines) is 1. The molecule has 0 spiro atoms. The highest BCUT2D eigenvalue weighted by molar-refractivity contribution is 5.94. The molecule has 1 saturated heterocycles. The van der Waals surface area contributed by atoms with E-state index in [2.05, 4.69) is 17.0 Å². The Bertz CT molecular complexity index is 887. The predicted molar refractivity (Wildman–Crippen MR) is 106 cm³/mol.